The highest BCUT2D eigenvalue weighted by molar-refractivity contribution is 5.76. The van der Waals surface area contributed by atoms with Crippen LogP contribution >= 0.6 is 0 Å². The van der Waals surface area contributed by atoms with E-state index in [0.717, 1.165) is 38.5 Å². The van der Waals surface area contributed by atoms with E-state index in [1.165, 1.54) is 0 Å². The fraction of sp³-hybridized carbons (Fsp3) is 0.818. The van der Waals surface area contributed by atoms with Crippen molar-refractivity contribution in [2.75, 3.05) is 13.1 Å². The van der Waals surface area contributed by atoms with Gasteiger partial charge in [-0.1, -0.05) is 12.8 Å². The lowest BCUT2D eigenvalue weighted by atomic mass is 9.69. The van der Waals surface area contributed by atoms with Crippen LogP contribution in [0.4, 0.5) is 4.79 Å². The van der Waals surface area contributed by atoms with Crippen molar-refractivity contribution in [2.45, 2.75) is 95.9 Å². The highest BCUT2D eigenvalue weighted by Gasteiger charge is 2.48. The van der Waals surface area contributed by atoms with E-state index < -0.39 is 11.3 Å². The standard InChI is InChI=1S/C22H34N4O3/c1-5-6-12-22(24-25-22)13-10-18(27)23-17-9-7-8-11-21(17)14-15-26(16-21)19(28)29-20(2,3)4/h1,17H,6-16H2,2-4H3,(H,23,27). The van der Waals surface area contributed by atoms with Crippen LogP contribution in [-0.2, 0) is 9.53 Å². The van der Waals surface area contributed by atoms with Crippen LogP contribution in [0.1, 0.15) is 78.6 Å². The maximum atomic E-state index is 12.7. The number of hydrogen-bond donors (Lipinski definition) is 1. The smallest absolute Gasteiger partial charge is 0.410 e. The number of nitrogens with zero attached hydrogens (tertiary/aromatic N) is 3. The Labute approximate surface area is 174 Å². The van der Waals surface area contributed by atoms with Crippen LogP contribution in [0.15, 0.2) is 10.2 Å². The molecule has 0 bridgehead atoms. The molecule has 160 valence electrons. The molecule has 2 fully saturated rings. The van der Waals surface area contributed by atoms with Crippen molar-refractivity contribution in [1.82, 2.24) is 10.2 Å². The fourth-order valence-corrected chi connectivity index (χ4v) is 4.65. The van der Waals surface area contributed by atoms with Crippen LogP contribution in [-0.4, -0.2) is 47.3 Å². The highest BCUT2D eigenvalue weighted by atomic mass is 16.6. The molecule has 1 spiro atoms. The molecule has 1 saturated carbocycles. The van der Waals surface area contributed by atoms with Crippen LogP contribution in [0.2, 0.25) is 0 Å². The molecule has 7 heteroatoms. The number of nitrogens with one attached hydrogen (secondary N) is 1. The van der Waals surface area contributed by atoms with Crippen molar-refractivity contribution in [3.63, 3.8) is 0 Å². The Kier molecular flexibility index (Phi) is 6.21. The van der Waals surface area contributed by atoms with E-state index in [4.69, 9.17) is 11.2 Å². The van der Waals surface area contributed by atoms with Gasteiger partial charge >= 0.3 is 6.09 Å². The summed E-state index contributed by atoms with van der Waals surface area (Å²) in [6.07, 6.45) is 12.6. The van der Waals surface area contributed by atoms with E-state index in [2.05, 4.69) is 21.5 Å². The lowest BCUT2D eigenvalue weighted by Crippen LogP contribution is -2.51. The van der Waals surface area contributed by atoms with Gasteiger partial charge in [0.15, 0.2) is 5.66 Å². The second-order valence-corrected chi connectivity index (χ2v) is 9.77. The summed E-state index contributed by atoms with van der Waals surface area (Å²) in [5.41, 5.74) is -0.962. The number of ether oxygens (including phenoxy) is 1. The fourth-order valence-electron chi connectivity index (χ4n) is 4.65. The normalized spacial score (nSPS) is 27.5. The second-order valence-electron chi connectivity index (χ2n) is 9.77. The molecule has 2 amide bonds. The number of amides is 2. The van der Waals surface area contributed by atoms with E-state index in [9.17, 15) is 9.59 Å². The molecule has 0 aromatic heterocycles. The van der Waals surface area contributed by atoms with E-state index in [-0.39, 0.29) is 23.5 Å². The number of terminal acetylenes is 1. The molecular weight excluding hydrogens is 368 g/mol. The van der Waals surface area contributed by atoms with Crippen molar-refractivity contribution in [3.05, 3.63) is 0 Å². The lowest BCUT2D eigenvalue weighted by molar-refractivity contribution is -0.123. The maximum absolute atomic E-state index is 12.7. The zero-order valence-corrected chi connectivity index (χ0v) is 18.0. The third-order valence-corrected chi connectivity index (χ3v) is 6.33. The van der Waals surface area contributed by atoms with Crippen LogP contribution in [0.25, 0.3) is 0 Å². The quantitative estimate of drug-likeness (QED) is 0.681. The van der Waals surface area contributed by atoms with Crippen LogP contribution < -0.4 is 5.32 Å². The molecular formula is C22H34N4O3. The molecule has 3 rings (SSSR count). The molecule has 1 aliphatic carbocycles. The predicted octanol–water partition coefficient (Wildman–Crippen LogP) is 4.03. The molecule has 3 aliphatic rings. The van der Waals surface area contributed by atoms with Crippen LogP contribution in [0.3, 0.4) is 0 Å². The molecule has 1 saturated heterocycles. The number of carbonyl (C=O) groups is 2. The van der Waals surface area contributed by atoms with Gasteiger partial charge in [-0.05, 0) is 40.0 Å². The SMILES string of the molecule is C#CCCC1(CCC(=O)NC2CCCCC23CCN(C(=O)OC(C)(C)C)C3)N=N1. The van der Waals surface area contributed by atoms with Gasteiger partial charge in [-0.15, -0.1) is 12.3 Å². The van der Waals surface area contributed by atoms with E-state index in [0.29, 0.717) is 32.4 Å². The molecule has 2 heterocycles. The molecule has 0 radical (unpaired) electrons. The number of hydrogen-bond acceptors (Lipinski definition) is 5. The monoisotopic (exact) mass is 402 g/mol. The van der Waals surface area contributed by atoms with Gasteiger partial charge in [-0.2, -0.15) is 10.2 Å². The van der Waals surface area contributed by atoms with Gasteiger partial charge in [0.2, 0.25) is 5.91 Å². The minimum Gasteiger partial charge on any atom is -0.444 e. The van der Waals surface area contributed by atoms with Gasteiger partial charge in [-0.25, -0.2) is 4.79 Å². The zero-order valence-electron chi connectivity index (χ0n) is 18.0. The van der Waals surface area contributed by atoms with Gasteiger partial charge in [-0.3, -0.25) is 4.79 Å². The molecule has 2 atom stereocenters. The summed E-state index contributed by atoms with van der Waals surface area (Å²) in [5, 5.41) is 11.5. The Morgan fingerprint density at radius 2 is 2.00 bits per heavy atom. The van der Waals surface area contributed by atoms with Gasteiger partial charge in [0.05, 0.1) is 0 Å². The van der Waals surface area contributed by atoms with E-state index in [1.54, 1.807) is 0 Å². The Morgan fingerprint density at radius 3 is 2.66 bits per heavy atom. The summed E-state index contributed by atoms with van der Waals surface area (Å²) in [6, 6.07) is 0.103. The van der Waals surface area contributed by atoms with E-state index >= 15 is 0 Å². The number of rotatable bonds is 6. The third-order valence-electron chi connectivity index (χ3n) is 6.33. The molecule has 7 nitrogen and oxygen atoms in total. The Bertz CT molecular complexity index is 700. The Balaban J connectivity index is 1.54. The summed E-state index contributed by atoms with van der Waals surface area (Å²) < 4.78 is 5.55. The largest absolute Gasteiger partial charge is 0.444 e. The predicted molar refractivity (Wildman–Crippen MR) is 110 cm³/mol. The van der Waals surface area contributed by atoms with Crippen molar-refractivity contribution in [1.29, 1.82) is 0 Å². The first-order valence-corrected chi connectivity index (χ1v) is 10.8. The molecule has 1 N–H and O–H groups in total. The van der Waals surface area contributed by atoms with Gasteiger partial charge in [0, 0.05) is 50.2 Å². The minimum atomic E-state index is -0.499. The zero-order chi connectivity index (χ0) is 21.1. The summed E-state index contributed by atoms with van der Waals surface area (Å²) in [6.45, 7) is 7.00. The Hall–Kier alpha value is -2.10. The molecule has 29 heavy (non-hydrogen) atoms. The average molecular weight is 403 g/mol. The average Bonchev–Trinajstić information content (AvgIpc) is 3.30. The van der Waals surface area contributed by atoms with Crippen LogP contribution in [0, 0.1) is 17.8 Å². The molecule has 2 unspecified atom stereocenters. The maximum Gasteiger partial charge on any atom is 0.410 e. The lowest BCUT2D eigenvalue weighted by Gasteiger charge is -2.41. The first kappa shape index (κ1) is 21.6. The summed E-state index contributed by atoms with van der Waals surface area (Å²) in [5.74, 6) is 2.66. The van der Waals surface area contributed by atoms with Crippen molar-refractivity contribution in [2.24, 2.45) is 15.6 Å². The van der Waals surface area contributed by atoms with Gasteiger partial charge in [0.25, 0.3) is 0 Å². The minimum absolute atomic E-state index is 0.0414. The summed E-state index contributed by atoms with van der Waals surface area (Å²) in [4.78, 5) is 27.0. The third kappa shape index (κ3) is 5.49. The first-order valence-electron chi connectivity index (χ1n) is 10.8. The second kappa shape index (κ2) is 8.33. The van der Waals surface area contributed by atoms with Crippen LogP contribution in [0.5, 0.6) is 0 Å². The molecule has 0 aromatic carbocycles. The molecule has 0 aromatic rings. The van der Waals surface area contributed by atoms with Gasteiger partial charge < -0.3 is 15.0 Å². The Morgan fingerprint density at radius 1 is 1.24 bits per heavy atom. The van der Waals surface area contributed by atoms with Crippen molar-refractivity contribution in [3.8, 4) is 12.3 Å². The topological polar surface area (TPSA) is 83.4 Å². The molecule has 2 aliphatic heterocycles. The summed E-state index contributed by atoms with van der Waals surface area (Å²) >= 11 is 0. The summed E-state index contributed by atoms with van der Waals surface area (Å²) in [7, 11) is 0. The van der Waals surface area contributed by atoms with Crippen molar-refractivity contribution < 1.29 is 14.3 Å². The van der Waals surface area contributed by atoms with Gasteiger partial charge in [0.1, 0.15) is 5.60 Å². The highest BCUT2D eigenvalue weighted by Crippen LogP contribution is 2.44. The number of carbonyl (C=O) groups excluding carboxylic acids is 2. The van der Waals surface area contributed by atoms with Crippen molar-refractivity contribution >= 4 is 12.0 Å². The number of likely N-dealkylation sites (tertiary alicyclic amines) is 1. The van der Waals surface area contributed by atoms with E-state index in [1.807, 2.05) is 25.7 Å². The first-order chi connectivity index (χ1) is 13.7.